The minimum absolute atomic E-state index is 0.113. The number of benzene rings is 2. The summed E-state index contributed by atoms with van der Waals surface area (Å²) in [6, 6.07) is 17.4. The molecule has 23 heavy (non-hydrogen) atoms. The summed E-state index contributed by atoms with van der Waals surface area (Å²) in [4.78, 5) is 12.8. The van der Waals surface area contributed by atoms with Crippen LogP contribution >= 0.6 is 0 Å². The number of aromatic nitrogens is 1. The van der Waals surface area contributed by atoms with Gasteiger partial charge in [0.25, 0.3) is 0 Å². The van der Waals surface area contributed by atoms with E-state index in [0.717, 1.165) is 40.9 Å². The number of methoxy groups -OCH3 is 1. The number of nitrogens with one attached hydrogen (secondary N) is 1. The van der Waals surface area contributed by atoms with E-state index in [1.165, 1.54) is 0 Å². The number of ether oxygens (including phenoxy) is 1. The van der Waals surface area contributed by atoms with Crippen molar-refractivity contribution in [3.05, 3.63) is 60.3 Å². The molecule has 4 nitrogen and oxygen atoms in total. The lowest BCUT2D eigenvalue weighted by Gasteiger charge is -2.11. The van der Waals surface area contributed by atoms with Gasteiger partial charge in [-0.1, -0.05) is 18.2 Å². The molecule has 1 fully saturated rings. The maximum absolute atomic E-state index is 12.8. The predicted octanol–water partition coefficient (Wildman–Crippen LogP) is 4.61. The monoisotopic (exact) mass is 306 g/mol. The SMILES string of the molecule is COc1ccc(NC(=O)n2c(C3CC3)cc3ccccc32)cc1. The molecule has 3 aromatic rings. The number of para-hydroxylation sites is 1. The zero-order chi connectivity index (χ0) is 15.8. The first-order chi connectivity index (χ1) is 11.3. The van der Waals surface area contributed by atoms with Crippen LogP contribution in [0.3, 0.4) is 0 Å². The van der Waals surface area contributed by atoms with Crippen LogP contribution in [0.5, 0.6) is 5.75 Å². The Bertz CT molecular complexity index is 861. The van der Waals surface area contributed by atoms with Gasteiger partial charge in [0.15, 0.2) is 0 Å². The lowest BCUT2D eigenvalue weighted by atomic mass is 10.2. The van der Waals surface area contributed by atoms with Crippen molar-refractivity contribution in [2.75, 3.05) is 12.4 Å². The number of hydrogen-bond acceptors (Lipinski definition) is 2. The van der Waals surface area contributed by atoms with E-state index in [9.17, 15) is 4.79 Å². The highest BCUT2D eigenvalue weighted by molar-refractivity contribution is 5.99. The van der Waals surface area contributed by atoms with Crippen LogP contribution in [0, 0.1) is 0 Å². The third kappa shape index (κ3) is 2.57. The summed E-state index contributed by atoms with van der Waals surface area (Å²) < 4.78 is 6.96. The number of rotatable bonds is 3. The molecule has 0 bridgehead atoms. The van der Waals surface area contributed by atoms with Gasteiger partial charge in [-0.25, -0.2) is 4.79 Å². The van der Waals surface area contributed by atoms with Gasteiger partial charge in [-0.3, -0.25) is 4.57 Å². The Morgan fingerprint density at radius 3 is 2.57 bits per heavy atom. The second-order valence-corrected chi connectivity index (χ2v) is 5.90. The second kappa shape index (κ2) is 5.47. The molecule has 116 valence electrons. The topological polar surface area (TPSA) is 43.3 Å². The number of carbonyl (C=O) groups excluding carboxylic acids is 1. The van der Waals surface area contributed by atoms with Gasteiger partial charge in [-0.15, -0.1) is 0 Å². The number of amides is 1. The van der Waals surface area contributed by atoms with Crippen molar-refractivity contribution in [3.8, 4) is 5.75 Å². The molecule has 0 aliphatic heterocycles. The normalized spacial score (nSPS) is 14.0. The van der Waals surface area contributed by atoms with Gasteiger partial charge in [0.1, 0.15) is 5.75 Å². The van der Waals surface area contributed by atoms with Gasteiger partial charge in [0.2, 0.25) is 0 Å². The molecule has 1 heterocycles. The van der Waals surface area contributed by atoms with Crippen LogP contribution in [0.1, 0.15) is 24.5 Å². The van der Waals surface area contributed by atoms with Crippen LogP contribution in [-0.4, -0.2) is 17.7 Å². The van der Waals surface area contributed by atoms with E-state index in [-0.39, 0.29) is 6.03 Å². The Hall–Kier alpha value is -2.75. The zero-order valence-electron chi connectivity index (χ0n) is 13.0. The first kappa shape index (κ1) is 13.9. The minimum atomic E-state index is -0.113. The summed E-state index contributed by atoms with van der Waals surface area (Å²) in [6.45, 7) is 0. The fraction of sp³-hybridized carbons (Fsp3) is 0.211. The smallest absolute Gasteiger partial charge is 0.330 e. The Balaban J connectivity index is 1.69. The number of carbonyl (C=O) groups is 1. The van der Waals surface area contributed by atoms with E-state index >= 15 is 0 Å². The average molecular weight is 306 g/mol. The lowest BCUT2D eigenvalue weighted by molar-refractivity contribution is 0.253. The summed E-state index contributed by atoms with van der Waals surface area (Å²) in [5.74, 6) is 1.28. The van der Waals surface area contributed by atoms with Crippen molar-refractivity contribution in [3.63, 3.8) is 0 Å². The molecule has 1 N–H and O–H groups in total. The summed E-state index contributed by atoms with van der Waals surface area (Å²) in [5, 5.41) is 4.09. The molecule has 0 atom stereocenters. The van der Waals surface area contributed by atoms with Crippen LogP contribution < -0.4 is 10.1 Å². The number of hydrogen-bond donors (Lipinski definition) is 1. The molecule has 4 rings (SSSR count). The van der Waals surface area contributed by atoms with Gasteiger partial charge < -0.3 is 10.1 Å². The van der Waals surface area contributed by atoms with Crippen molar-refractivity contribution in [2.45, 2.75) is 18.8 Å². The highest BCUT2D eigenvalue weighted by Crippen LogP contribution is 2.42. The molecule has 0 spiro atoms. The Kier molecular flexibility index (Phi) is 3.30. The molecule has 0 unspecified atom stereocenters. The largest absolute Gasteiger partial charge is 0.497 e. The van der Waals surface area contributed by atoms with Gasteiger partial charge in [-0.05, 0) is 55.2 Å². The Morgan fingerprint density at radius 1 is 1.13 bits per heavy atom. The van der Waals surface area contributed by atoms with Crippen LogP contribution in [0.4, 0.5) is 10.5 Å². The van der Waals surface area contributed by atoms with Gasteiger partial charge in [0.05, 0.1) is 12.6 Å². The number of anilines is 1. The fourth-order valence-electron chi connectivity index (χ4n) is 2.94. The Labute approximate surface area is 134 Å². The first-order valence-electron chi connectivity index (χ1n) is 7.82. The van der Waals surface area contributed by atoms with E-state index in [2.05, 4.69) is 17.4 Å². The van der Waals surface area contributed by atoms with Gasteiger partial charge in [-0.2, -0.15) is 0 Å². The summed E-state index contributed by atoms with van der Waals surface area (Å²) in [6.07, 6.45) is 2.32. The quantitative estimate of drug-likeness (QED) is 0.768. The molecule has 1 aliphatic carbocycles. The summed E-state index contributed by atoms with van der Waals surface area (Å²) in [5.41, 5.74) is 2.83. The van der Waals surface area contributed by atoms with Crippen LogP contribution in [0.15, 0.2) is 54.6 Å². The Morgan fingerprint density at radius 2 is 1.87 bits per heavy atom. The lowest BCUT2D eigenvalue weighted by Crippen LogP contribution is -2.21. The molecular formula is C19H18N2O2. The van der Waals surface area contributed by atoms with E-state index < -0.39 is 0 Å². The second-order valence-electron chi connectivity index (χ2n) is 5.90. The van der Waals surface area contributed by atoms with Gasteiger partial charge >= 0.3 is 6.03 Å². The maximum atomic E-state index is 12.8. The number of fused-ring (bicyclic) bond motifs is 1. The molecule has 1 saturated carbocycles. The molecule has 1 amide bonds. The first-order valence-corrected chi connectivity index (χ1v) is 7.82. The highest BCUT2D eigenvalue weighted by atomic mass is 16.5. The minimum Gasteiger partial charge on any atom is -0.497 e. The molecule has 2 aromatic carbocycles. The standard InChI is InChI=1S/C19H18N2O2/c1-23-16-10-8-15(9-11-16)20-19(22)21-17-5-3-2-4-14(17)12-18(21)13-6-7-13/h2-5,8-13H,6-7H2,1H3,(H,20,22). The molecular weight excluding hydrogens is 288 g/mol. The van der Waals surface area contributed by atoms with Crippen molar-refractivity contribution in [1.82, 2.24) is 4.57 Å². The molecule has 0 radical (unpaired) electrons. The maximum Gasteiger partial charge on any atom is 0.330 e. The van der Waals surface area contributed by atoms with E-state index in [1.54, 1.807) is 7.11 Å². The van der Waals surface area contributed by atoms with Crippen molar-refractivity contribution in [2.24, 2.45) is 0 Å². The summed E-state index contributed by atoms with van der Waals surface area (Å²) >= 11 is 0. The fourth-order valence-corrected chi connectivity index (χ4v) is 2.94. The average Bonchev–Trinajstić information content (AvgIpc) is 3.35. The van der Waals surface area contributed by atoms with E-state index in [4.69, 9.17) is 4.74 Å². The van der Waals surface area contributed by atoms with Crippen molar-refractivity contribution >= 4 is 22.6 Å². The molecule has 0 saturated heterocycles. The zero-order valence-corrected chi connectivity index (χ0v) is 13.0. The predicted molar refractivity (Wildman–Crippen MR) is 91.3 cm³/mol. The molecule has 1 aliphatic rings. The van der Waals surface area contributed by atoms with E-state index in [1.807, 2.05) is 47.0 Å². The van der Waals surface area contributed by atoms with Crippen LogP contribution in [0.25, 0.3) is 10.9 Å². The van der Waals surface area contributed by atoms with Crippen molar-refractivity contribution in [1.29, 1.82) is 0 Å². The van der Waals surface area contributed by atoms with Crippen LogP contribution in [0.2, 0.25) is 0 Å². The third-order valence-corrected chi connectivity index (χ3v) is 4.28. The molecule has 1 aromatic heterocycles. The molecule has 4 heteroatoms. The third-order valence-electron chi connectivity index (χ3n) is 4.28. The van der Waals surface area contributed by atoms with Crippen LogP contribution in [-0.2, 0) is 0 Å². The number of nitrogens with zero attached hydrogens (tertiary/aromatic N) is 1. The van der Waals surface area contributed by atoms with Crippen molar-refractivity contribution < 1.29 is 9.53 Å². The highest BCUT2D eigenvalue weighted by Gasteiger charge is 2.29. The van der Waals surface area contributed by atoms with Gasteiger partial charge in [0, 0.05) is 16.8 Å². The summed E-state index contributed by atoms with van der Waals surface area (Å²) in [7, 11) is 1.63. The van der Waals surface area contributed by atoms with E-state index in [0.29, 0.717) is 5.92 Å².